The van der Waals surface area contributed by atoms with Crippen molar-refractivity contribution < 1.29 is 47.1 Å². The number of carboxylic acids is 3. The number of rotatable bonds is 15. The van der Waals surface area contributed by atoms with E-state index >= 15 is 0 Å². The van der Waals surface area contributed by atoms with Crippen molar-refractivity contribution in [3.8, 4) is 0 Å². The SMILES string of the molecule is CCCCCCC(=O)[O-].CCCCCCC(=O)[O-].CCCCCCC(=O)[O-].[Cr+3]. The second-order valence-corrected chi connectivity index (χ2v) is 6.55. The summed E-state index contributed by atoms with van der Waals surface area (Å²) in [6.07, 6.45) is 12.9. The summed E-state index contributed by atoms with van der Waals surface area (Å²) in [6, 6.07) is 0. The van der Waals surface area contributed by atoms with E-state index in [0.29, 0.717) is 0 Å². The fraction of sp³-hybridized carbons (Fsp3) is 0.857. The van der Waals surface area contributed by atoms with Gasteiger partial charge in [-0.15, -0.1) is 0 Å². The van der Waals surface area contributed by atoms with Crippen LogP contribution in [0.1, 0.15) is 117 Å². The predicted molar refractivity (Wildman–Crippen MR) is 101 cm³/mol. The van der Waals surface area contributed by atoms with E-state index in [9.17, 15) is 29.7 Å². The molecule has 0 aliphatic heterocycles. The summed E-state index contributed by atoms with van der Waals surface area (Å²) in [5.74, 6) is -2.77. The first kappa shape index (κ1) is 34.4. The molecule has 0 fully saturated rings. The smallest absolute Gasteiger partial charge is 0.550 e. The largest absolute Gasteiger partial charge is 3.00 e. The van der Waals surface area contributed by atoms with Crippen LogP contribution in [0.4, 0.5) is 0 Å². The maximum absolute atomic E-state index is 9.85. The molecular formula is C21H39CrO6. The maximum atomic E-state index is 9.85. The molecule has 0 aromatic carbocycles. The summed E-state index contributed by atoms with van der Waals surface area (Å²) in [5.41, 5.74) is 0. The molecule has 0 unspecified atom stereocenters. The van der Waals surface area contributed by atoms with Crippen LogP contribution in [0.5, 0.6) is 0 Å². The van der Waals surface area contributed by atoms with Crippen LogP contribution < -0.4 is 15.3 Å². The second-order valence-electron chi connectivity index (χ2n) is 6.55. The zero-order valence-corrected chi connectivity index (χ0v) is 19.2. The summed E-state index contributed by atoms with van der Waals surface area (Å²) in [5, 5.41) is 29.6. The third-order valence-corrected chi connectivity index (χ3v) is 3.70. The monoisotopic (exact) mass is 439 g/mol. The summed E-state index contributed by atoms with van der Waals surface area (Å²) in [7, 11) is 0. The molecule has 0 atom stereocenters. The Morgan fingerprint density at radius 3 is 0.821 bits per heavy atom. The standard InChI is InChI=1S/3C7H14O2.Cr/c3*1-2-3-4-5-6-7(8)9;/h3*2-6H2,1H3,(H,8,9);/q;;;+3/p-3. The van der Waals surface area contributed by atoms with Gasteiger partial charge in [-0.3, -0.25) is 0 Å². The van der Waals surface area contributed by atoms with Crippen molar-refractivity contribution in [2.24, 2.45) is 0 Å². The summed E-state index contributed by atoms with van der Waals surface area (Å²) in [4.78, 5) is 29.6. The van der Waals surface area contributed by atoms with Gasteiger partial charge in [0, 0.05) is 17.9 Å². The van der Waals surface area contributed by atoms with Crippen LogP contribution in [0.3, 0.4) is 0 Å². The third-order valence-electron chi connectivity index (χ3n) is 3.70. The van der Waals surface area contributed by atoms with Gasteiger partial charge in [-0.25, -0.2) is 0 Å². The molecule has 0 amide bonds. The van der Waals surface area contributed by atoms with Crippen LogP contribution in [-0.2, 0) is 31.7 Å². The Morgan fingerprint density at radius 1 is 0.464 bits per heavy atom. The minimum atomic E-state index is -0.925. The molecule has 0 N–H and O–H groups in total. The normalized spacial score (nSPS) is 9.11. The quantitative estimate of drug-likeness (QED) is 0.360. The molecule has 0 aliphatic carbocycles. The van der Waals surface area contributed by atoms with E-state index in [1.54, 1.807) is 0 Å². The van der Waals surface area contributed by atoms with Gasteiger partial charge in [0.2, 0.25) is 0 Å². The number of carbonyl (C=O) groups excluding carboxylic acids is 3. The van der Waals surface area contributed by atoms with E-state index in [0.717, 1.165) is 77.0 Å². The Kier molecular flexibility index (Phi) is 37.7. The van der Waals surface area contributed by atoms with E-state index in [1.165, 1.54) is 0 Å². The van der Waals surface area contributed by atoms with E-state index in [4.69, 9.17) is 0 Å². The van der Waals surface area contributed by atoms with Crippen LogP contribution in [0, 0.1) is 0 Å². The van der Waals surface area contributed by atoms with E-state index in [1.807, 2.05) is 0 Å². The zero-order chi connectivity index (χ0) is 21.3. The molecule has 0 aromatic rings. The number of hydrogen-bond donors (Lipinski definition) is 0. The van der Waals surface area contributed by atoms with Gasteiger partial charge >= 0.3 is 17.4 Å². The molecule has 0 aliphatic rings. The molecule has 1 radical (unpaired) electrons. The molecule has 0 heterocycles. The molecule has 28 heavy (non-hydrogen) atoms. The van der Waals surface area contributed by atoms with Gasteiger partial charge < -0.3 is 29.7 Å². The van der Waals surface area contributed by atoms with Crippen LogP contribution >= 0.6 is 0 Å². The zero-order valence-electron chi connectivity index (χ0n) is 18.0. The Hall–Kier alpha value is -1.06. The van der Waals surface area contributed by atoms with Gasteiger partial charge in [-0.2, -0.15) is 0 Å². The molecular weight excluding hydrogens is 400 g/mol. The molecule has 0 aromatic heterocycles. The molecule has 7 heteroatoms. The number of unbranched alkanes of at least 4 members (excludes halogenated alkanes) is 9. The number of carbonyl (C=O) groups is 3. The minimum Gasteiger partial charge on any atom is -0.550 e. The molecule has 0 saturated heterocycles. The Morgan fingerprint density at radius 2 is 0.679 bits per heavy atom. The molecule has 6 nitrogen and oxygen atoms in total. The van der Waals surface area contributed by atoms with Crippen LogP contribution in [-0.4, -0.2) is 17.9 Å². The van der Waals surface area contributed by atoms with Crippen LogP contribution in [0.25, 0.3) is 0 Å². The van der Waals surface area contributed by atoms with Crippen molar-refractivity contribution in [3.05, 3.63) is 0 Å². The summed E-state index contributed by atoms with van der Waals surface area (Å²) < 4.78 is 0. The number of carboxylic acid groups (broad SMARTS) is 3. The second kappa shape index (κ2) is 30.7. The van der Waals surface area contributed by atoms with Crippen LogP contribution in [0.2, 0.25) is 0 Å². The van der Waals surface area contributed by atoms with Crippen molar-refractivity contribution in [2.45, 2.75) is 117 Å². The van der Waals surface area contributed by atoms with Gasteiger partial charge in [0.1, 0.15) is 0 Å². The van der Waals surface area contributed by atoms with Gasteiger partial charge in [-0.1, -0.05) is 78.6 Å². The van der Waals surface area contributed by atoms with Crippen molar-refractivity contribution in [1.29, 1.82) is 0 Å². The van der Waals surface area contributed by atoms with Gasteiger partial charge in [0.25, 0.3) is 0 Å². The summed E-state index contributed by atoms with van der Waals surface area (Å²) >= 11 is 0. The Balaban J connectivity index is -0.000000152. The van der Waals surface area contributed by atoms with Crippen molar-refractivity contribution in [3.63, 3.8) is 0 Å². The average Bonchev–Trinajstić information content (AvgIpc) is 2.60. The van der Waals surface area contributed by atoms with E-state index in [-0.39, 0.29) is 36.6 Å². The third kappa shape index (κ3) is 49.8. The Bertz CT molecular complexity index is 295. The number of aliphatic carboxylic acids is 3. The maximum Gasteiger partial charge on any atom is 3.00 e. The molecule has 165 valence electrons. The van der Waals surface area contributed by atoms with Crippen LogP contribution in [0.15, 0.2) is 0 Å². The molecule has 0 spiro atoms. The van der Waals surface area contributed by atoms with E-state index in [2.05, 4.69) is 20.8 Å². The molecule has 0 rings (SSSR count). The van der Waals surface area contributed by atoms with Crippen molar-refractivity contribution in [2.75, 3.05) is 0 Å². The number of hydrogen-bond acceptors (Lipinski definition) is 6. The summed E-state index contributed by atoms with van der Waals surface area (Å²) in [6.45, 7) is 6.29. The predicted octanol–water partition coefficient (Wildman–Crippen LogP) is 2.12. The van der Waals surface area contributed by atoms with Gasteiger partial charge in [0.05, 0.1) is 0 Å². The Labute approximate surface area is 182 Å². The van der Waals surface area contributed by atoms with E-state index < -0.39 is 17.9 Å². The van der Waals surface area contributed by atoms with Gasteiger partial charge in [0.15, 0.2) is 0 Å². The molecule has 0 saturated carbocycles. The van der Waals surface area contributed by atoms with Gasteiger partial charge in [-0.05, 0) is 38.5 Å². The molecule has 0 bridgehead atoms. The topological polar surface area (TPSA) is 120 Å². The van der Waals surface area contributed by atoms with Crippen molar-refractivity contribution in [1.82, 2.24) is 0 Å². The minimum absolute atomic E-state index is 0. The first-order valence-electron chi connectivity index (χ1n) is 10.4. The average molecular weight is 440 g/mol. The first-order chi connectivity index (χ1) is 12.8. The fourth-order valence-corrected chi connectivity index (χ4v) is 2.09. The fourth-order valence-electron chi connectivity index (χ4n) is 2.09. The first-order valence-corrected chi connectivity index (χ1v) is 10.4. The van der Waals surface area contributed by atoms with Crippen molar-refractivity contribution >= 4 is 17.9 Å².